The molecule has 2 aromatic rings. The molecule has 3 N–H and O–H groups in total. The predicted molar refractivity (Wildman–Crippen MR) is 85.6 cm³/mol. The van der Waals surface area contributed by atoms with Gasteiger partial charge >= 0.3 is 0 Å². The molecule has 1 heterocycles. The van der Waals surface area contributed by atoms with Crippen LogP contribution in [0.3, 0.4) is 0 Å². The number of hydrogen-bond acceptors (Lipinski definition) is 4. The fourth-order valence-corrected chi connectivity index (χ4v) is 2.30. The number of rotatable bonds is 5. The quantitative estimate of drug-likeness (QED) is 0.879. The van der Waals surface area contributed by atoms with Crippen LogP contribution in [0.1, 0.15) is 19.5 Å². The summed E-state index contributed by atoms with van der Waals surface area (Å²) in [5.41, 5.74) is 9.80. The minimum absolute atomic E-state index is 0.695. The fourth-order valence-electron chi connectivity index (χ4n) is 2.30. The van der Waals surface area contributed by atoms with Gasteiger partial charge < -0.3 is 16.0 Å². The molecule has 0 unspecified atom stereocenters. The third-order valence-electron chi connectivity index (χ3n) is 3.53. The van der Waals surface area contributed by atoms with Gasteiger partial charge in [-0.1, -0.05) is 0 Å². The van der Waals surface area contributed by atoms with E-state index < -0.39 is 0 Å². The number of anilines is 4. The summed E-state index contributed by atoms with van der Waals surface area (Å²) >= 11 is 0. The normalized spacial score (nSPS) is 10.6. The molecular weight excluding hydrogens is 250 g/mol. The summed E-state index contributed by atoms with van der Waals surface area (Å²) in [5.74, 6) is 0.832. The number of nitrogen functional groups attached to an aromatic ring is 1. The Hall–Kier alpha value is -2.17. The first kappa shape index (κ1) is 14.2. The van der Waals surface area contributed by atoms with Gasteiger partial charge in [-0.2, -0.15) is 5.10 Å². The van der Waals surface area contributed by atoms with Crippen LogP contribution < -0.4 is 16.0 Å². The first-order valence-electron chi connectivity index (χ1n) is 6.97. The summed E-state index contributed by atoms with van der Waals surface area (Å²) in [5, 5.41) is 7.62. The van der Waals surface area contributed by atoms with Crippen molar-refractivity contribution in [1.29, 1.82) is 0 Å². The van der Waals surface area contributed by atoms with Crippen LogP contribution in [0.25, 0.3) is 0 Å². The Kier molecular flexibility index (Phi) is 4.17. The van der Waals surface area contributed by atoms with E-state index in [1.54, 1.807) is 4.68 Å². The van der Waals surface area contributed by atoms with Gasteiger partial charge in [-0.3, -0.25) is 4.68 Å². The number of nitrogens with two attached hydrogens (primary N) is 1. The maximum absolute atomic E-state index is 6.02. The summed E-state index contributed by atoms with van der Waals surface area (Å²) < 4.78 is 1.77. The Balaban J connectivity index is 2.19. The second-order valence-electron chi connectivity index (χ2n) is 4.82. The van der Waals surface area contributed by atoms with Gasteiger partial charge in [0, 0.05) is 31.5 Å². The van der Waals surface area contributed by atoms with Gasteiger partial charge in [-0.15, -0.1) is 0 Å². The smallest absolute Gasteiger partial charge is 0.152 e. The molecule has 0 aliphatic rings. The highest BCUT2D eigenvalue weighted by molar-refractivity contribution is 5.71. The lowest BCUT2D eigenvalue weighted by Crippen LogP contribution is -2.21. The number of hydrogen-bond donors (Lipinski definition) is 2. The highest BCUT2D eigenvalue weighted by Gasteiger charge is 2.10. The van der Waals surface area contributed by atoms with Gasteiger partial charge in [0.1, 0.15) is 0 Å². The number of aryl methyl sites for hydroxylation is 2. The lowest BCUT2D eigenvalue weighted by atomic mass is 10.2. The molecule has 0 amide bonds. The average molecular weight is 273 g/mol. The van der Waals surface area contributed by atoms with Gasteiger partial charge in [-0.25, -0.2) is 0 Å². The van der Waals surface area contributed by atoms with Crippen LogP contribution in [0.2, 0.25) is 0 Å². The van der Waals surface area contributed by atoms with E-state index in [-0.39, 0.29) is 0 Å². The van der Waals surface area contributed by atoms with Crippen LogP contribution in [0.4, 0.5) is 22.9 Å². The highest BCUT2D eigenvalue weighted by Crippen LogP contribution is 2.26. The van der Waals surface area contributed by atoms with Crippen LogP contribution in [-0.2, 0) is 7.05 Å². The average Bonchev–Trinajstić information content (AvgIpc) is 2.68. The maximum atomic E-state index is 6.02. The van der Waals surface area contributed by atoms with Crippen LogP contribution in [-0.4, -0.2) is 22.9 Å². The Morgan fingerprint density at radius 3 is 2.25 bits per heavy atom. The van der Waals surface area contributed by atoms with Gasteiger partial charge in [0.05, 0.1) is 11.4 Å². The van der Waals surface area contributed by atoms with Crippen LogP contribution in [0.5, 0.6) is 0 Å². The molecule has 1 aromatic heterocycles. The standard InChI is InChI=1S/C15H23N5/c1-5-20(6-2)13-9-7-12(8-10-13)17-15-14(16)11(3)18-19(15)4/h7-10,17H,5-6,16H2,1-4H3. The van der Waals surface area contributed by atoms with Gasteiger partial charge in [-0.05, 0) is 45.0 Å². The first-order chi connectivity index (χ1) is 9.56. The molecule has 0 radical (unpaired) electrons. The van der Waals surface area contributed by atoms with Crippen LogP contribution in [0, 0.1) is 6.92 Å². The predicted octanol–water partition coefficient (Wildman–Crippen LogP) is 2.90. The molecule has 0 aliphatic heterocycles. The molecule has 0 aliphatic carbocycles. The molecule has 0 spiro atoms. The molecule has 0 atom stereocenters. The molecule has 1 aromatic carbocycles. The van der Waals surface area contributed by atoms with E-state index in [9.17, 15) is 0 Å². The molecule has 0 saturated heterocycles. The van der Waals surface area contributed by atoms with Crippen molar-refractivity contribution in [2.45, 2.75) is 20.8 Å². The molecule has 5 heteroatoms. The summed E-state index contributed by atoms with van der Waals surface area (Å²) in [4.78, 5) is 2.31. The maximum Gasteiger partial charge on any atom is 0.152 e. The van der Waals surface area contributed by atoms with Crippen molar-refractivity contribution >= 4 is 22.9 Å². The zero-order valence-electron chi connectivity index (χ0n) is 12.6. The van der Waals surface area contributed by atoms with Crippen molar-refractivity contribution in [3.63, 3.8) is 0 Å². The molecule has 2 rings (SSSR count). The molecule has 0 fully saturated rings. The van der Waals surface area contributed by atoms with Crippen LogP contribution >= 0.6 is 0 Å². The first-order valence-corrected chi connectivity index (χ1v) is 6.97. The Morgan fingerprint density at radius 2 is 1.80 bits per heavy atom. The van der Waals surface area contributed by atoms with E-state index in [0.717, 1.165) is 30.3 Å². The second kappa shape index (κ2) is 5.86. The lowest BCUT2D eigenvalue weighted by Gasteiger charge is -2.21. The minimum Gasteiger partial charge on any atom is -0.394 e. The molecule has 108 valence electrons. The van der Waals surface area contributed by atoms with Gasteiger partial charge in [0.25, 0.3) is 0 Å². The third kappa shape index (κ3) is 2.71. The summed E-state index contributed by atoms with van der Waals surface area (Å²) in [7, 11) is 1.88. The number of nitrogens with one attached hydrogen (secondary N) is 1. The summed E-state index contributed by atoms with van der Waals surface area (Å²) in [6, 6.07) is 8.37. The van der Waals surface area contributed by atoms with E-state index in [0.29, 0.717) is 5.69 Å². The van der Waals surface area contributed by atoms with Gasteiger partial charge in [0.15, 0.2) is 5.82 Å². The number of benzene rings is 1. The summed E-state index contributed by atoms with van der Waals surface area (Å²) in [6.07, 6.45) is 0. The molecular formula is C15H23N5. The van der Waals surface area contributed by atoms with Crippen molar-refractivity contribution in [3.05, 3.63) is 30.0 Å². The highest BCUT2D eigenvalue weighted by atomic mass is 15.3. The lowest BCUT2D eigenvalue weighted by molar-refractivity contribution is 0.765. The summed E-state index contributed by atoms with van der Waals surface area (Å²) in [6.45, 7) is 8.25. The molecule has 0 bridgehead atoms. The zero-order valence-corrected chi connectivity index (χ0v) is 12.6. The molecule has 20 heavy (non-hydrogen) atoms. The van der Waals surface area contributed by atoms with Crippen molar-refractivity contribution in [1.82, 2.24) is 9.78 Å². The Morgan fingerprint density at radius 1 is 1.20 bits per heavy atom. The number of aromatic nitrogens is 2. The van der Waals surface area contributed by atoms with E-state index in [1.165, 1.54) is 5.69 Å². The topological polar surface area (TPSA) is 59.1 Å². The zero-order chi connectivity index (χ0) is 14.7. The van der Waals surface area contributed by atoms with E-state index in [4.69, 9.17) is 5.73 Å². The molecule has 5 nitrogen and oxygen atoms in total. The monoisotopic (exact) mass is 273 g/mol. The van der Waals surface area contributed by atoms with Crippen molar-refractivity contribution in [3.8, 4) is 0 Å². The Labute approximate surface area is 120 Å². The molecule has 0 saturated carbocycles. The minimum atomic E-state index is 0.695. The Bertz CT molecular complexity index is 567. The largest absolute Gasteiger partial charge is 0.394 e. The van der Waals surface area contributed by atoms with E-state index in [2.05, 4.69) is 53.4 Å². The number of nitrogens with zero attached hydrogens (tertiary/aromatic N) is 3. The van der Waals surface area contributed by atoms with E-state index in [1.807, 2.05) is 14.0 Å². The van der Waals surface area contributed by atoms with Crippen molar-refractivity contribution in [2.24, 2.45) is 7.05 Å². The SMILES string of the molecule is CCN(CC)c1ccc(Nc2c(N)c(C)nn2C)cc1. The van der Waals surface area contributed by atoms with Crippen molar-refractivity contribution in [2.75, 3.05) is 29.0 Å². The van der Waals surface area contributed by atoms with Crippen LogP contribution in [0.15, 0.2) is 24.3 Å². The van der Waals surface area contributed by atoms with E-state index >= 15 is 0 Å². The second-order valence-corrected chi connectivity index (χ2v) is 4.82. The fraction of sp³-hybridized carbons (Fsp3) is 0.400. The third-order valence-corrected chi connectivity index (χ3v) is 3.53. The van der Waals surface area contributed by atoms with Crippen molar-refractivity contribution < 1.29 is 0 Å². The van der Waals surface area contributed by atoms with Gasteiger partial charge in [0.2, 0.25) is 0 Å².